The summed E-state index contributed by atoms with van der Waals surface area (Å²) in [4.78, 5) is 26.2. The lowest BCUT2D eigenvalue weighted by molar-refractivity contribution is -0.182. The number of likely N-dealkylation sites (N-methyl/N-ethyl adjacent to an activating group) is 1. The van der Waals surface area contributed by atoms with Crippen molar-refractivity contribution in [1.82, 2.24) is 10.4 Å². The minimum Gasteiger partial charge on any atom is -0.386 e. The number of amides is 2. The van der Waals surface area contributed by atoms with Crippen LogP contribution in [0.3, 0.4) is 0 Å². The quantitative estimate of drug-likeness (QED) is 0.517. The maximum atomic E-state index is 10.7. The van der Waals surface area contributed by atoms with Gasteiger partial charge in [0, 0.05) is 14.1 Å². The van der Waals surface area contributed by atoms with Gasteiger partial charge in [0.05, 0.1) is 13.0 Å². The zero-order chi connectivity index (χ0) is 10.3. The molecule has 0 aromatic rings. The molecule has 2 amide bonds. The van der Waals surface area contributed by atoms with E-state index in [-0.39, 0.29) is 18.9 Å². The molecule has 0 atom stereocenters. The Kier molecular flexibility index (Phi) is 5.82. The highest BCUT2D eigenvalue weighted by Gasteiger charge is 2.07. The molecule has 0 aromatic heterocycles. The number of hydroxylamine groups is 2. The third-order valence-corrected chi connectivity index (χ3v) is 1.38. The predicted octanol–water partition coefficient (Wildman–Crippen LogP) is -1.50. The van der Waals surface area contributed by atoms with Crippen molar-refractivity contribution in [2.75, 3.05) is 27.3 Å². The van der Waals surface area contributed by atoms with E-state index in [0.717, 1.165) is 5.06 Å². The molecule has 0 aliphatic carbocycles. The summed E-state index contributed by atoms with van der Waals surface area (Å²) in [6.07, 6.45) is 0.180. The Morgan fingerprint density at radius 1 is 1.54 bits per heavy atom. The van der Waals surface area contributed by atoms with Gasteiger partial charge in [-0.3, -0.25) is 14.4 Å². The molecule has 0 radical (unpaired) electrons. The third kappa shape index (κ3) is 5.15. The van der Waals surface area contributed by atoms with Gasteiger partial charge in [0.15, 0.2) is 0 Å². The smallest absolute Gasteiger partial charge is 0.271 e. The predicted molar refractivity (Wildman–Crippen MR) is 44.5 cm³/mol. The van der Waals surface area contributed by atoms with Gasteiger partial charge in [-0.25, -0.2) is 5.06 Å². The van der Waals surface area contributed by atoms with Crippen molar-refractivity contribution >= 4 is 11.8 Å². The van der Waals surface area contributed by atoms with Crippen LogP contribution < -0.4 is 5.32 Å². The molecule has 0 heterocycles. The molecule has 0 aromatic carbocycles. The molecule has 0 saturated carbocycles. The van der Waals surface area contributed by atoms with Crippen molar-refractivity contribution in [3.05, 3.63) is 0 Å². The van der Waals surface area contributed by atoms with E-state index in [1.54, 1.807) is 0 Å². The van der Waals surface area contributed by atoms with E-state index in [1.165, 1.54) is 14.1 Å². The van der Waals surface area contributed by atoms with Crippen LogP contribution >= 0.6 is 0 Å². The summed E-state index contributed by atoms with van der Waals surface area (Å²) < 4.78 is 0. The summed E-state index contributed by atoms with van der Waals surface area (Å²) in [5.74, 6) is -0.707. The van der Waals surface area contributed by atoms with E-state index in [1.807, 2.05) is 0 Å². The summed E-state index contributed by atoms with van der Waals surface area (Å²) in [5.41, 5.74) is 0. The Hall–Kier alpha value is -1.14. The van der Waals surface area contributed by atoms with Crippen LogP contribution in [-0.4, -0.2) is 49.3 Å². The van der Waals surface area contributed by atoms with Crippen LogP contribution in [0.15, 0.2) is 0 Å². The first kappa shape index (κ1) is 11.9. The van der Waals surface area contributed by atoms with Crippen molar-refractivity contribution in [2.45, 2.75) is 6.42 Å². The van der Waals surface area contributed by atoms with Crippen molar-refractivity contribution in [2.24, 2.45) is 0 Å². The van der Waals surface area contributed by atoms with E-state index < -0.39 is 12.5 Å². The normalized spacial score (nSPS) is 9.46. The molecular formula is C7H14N2O4. The average molecular weight is 190 g/mol. The molecular weight excluding hydrogens is 176 g/mol. The van der Waals surface area contributed by atoms with Crippen LogP contribution in [-0.2, 0) is 14.4 Å². The molecule has 13 heavy (non-hydrogen) atoms. The van der Waals surface area contributed by atoms with Gasteiger partial charge in [-0.1, -0.05) is 0 Å². The molecule has 0 spiro atoms. The Morgan fingerprint density at radius 2 is 2.15 bits per heavy atom. The molecule has 0 fully saturated rings. The molecule has 76 valence electrons. The number of nitrogens with one attached hydrogen (secondary N) is 1. The molecule has 0 rings (SSSR count). The van der Waals surface area contributed by atoms with Crippen molar-refractivity contribution in [3.63, 3.8) is 0 Å². The lowest BCUT2D eigenvalue weighted by Gasteiger charge is -2.14. The minimum atomic E-state index is -0.601. The summed E-state index contributed by atoms with van der Waals surface area (Å²) in [5, 5.41) is 11.7. The van der Waals surface area contributed by atoms with Crippen LogP contribution in [0.4, 0.5) is 0 Å². The number of nitrogens with zero attached hydrogens (tertiary/aromatic N) is 1. The van der Waals surface area contributed by atoms with Crippen molar-refractivity contribution < 1.29 is 19.5 Å². The fourth-order valence-corrected chi connectivity index (χ4v) is 0.572. The molecule has 0 bridgehead atoms. The highest BCUT2D eigenvalue weighted by molar-refractivity contribution is 5.76. The summed E-state index contributed by atoms with van der Waals surface area (Å²) in [6.45, 7) is -0.488. The second kappa shape index (κ2) is 6.38. The summed E-state index contributed by atoms with van der Waals surface area (Å²) >= 11 is 0. The van der Waals surface area contributed by atoms with Gasteiger partial charge in [-0.2, -0.15) is 0 Å². The number of hydrogen-bond acceptors (Lipinski definition) is 4. The zero-order valence-corrected chi connectivity index (χ0v) is 7.74. The van der Waals surface area contributed by atoms with Gasteiger partial charge in [0.25, 0.3) is 5.91 Å². The zero-order valence-electron chi connectivity index (χ0n) is 7.74. The molecule has 6 nitrogen and oxygen atoms in total. The average Bonchev–Trinajstić information content (AvgIpc) is 2.15. The second-order valence-corrected chi connectivity index (χ2v) is 2.31. The summed E-state index contributed by atoms with van der Waals surface area (Å²) in [7, 11) is 2.90. The maximum absolute atomic E-state index is 10.7. The standard InChI is InChI=1S/C7H14N2O4/c1-8-6(11)3-4-13-9(2)7(12)5-10/h10H,3-5H2,1-2H3,(H,8,11). The highest BCUT2D eigenvalue weighted by Crippen LogP contribution is 1.89. The van der Waals surface area contributed by atoms with Gasteiger partial charge in [0.1, 0.15) is 6.61 Å². The van der Waals surface area contributed by atoms with Crippen LogP contribution in [0.1, 0.15) is 6.42 Å². The Morgan fingerprint density at radius 3 is 2.62 bits per heavy atom. The van der Waals surface area contributed by atoms with E-state index in [0.29, 0.717) is 0 Å². The van der Waals surface area contributed by atoms with Crippen LogP contribution in [0.25, 0.3) is 0 Å². The fourth-order valence-electron chi connectivity index (χ4n) is 0.572. The molecule has 0 aliphatic heterocycles. The van der Waals surface area contributed by atoms with Crippen LogP contribution in [0, 0.1) is 0 Å². The number of aliphatic hydroxyl groups is 1. The van der Waals surface area contributed by atoms with Gasteiger partial charge in [-0.15, -0.1) is 0 Å². The van der Waals surface area contributed by atoms with Gasteiger partial charge >= 0.3 is 0 Å². The van der Waals surface area contributed by atoms with E-state index >= 15 is 0 Å². The first-order valence-electron chi connectivity index (χ1n) is 3.82. The summed E-state index contributed by atoms with van der Waals surface area (Å²) in [6, 6.07) is 0. The number of carbonyl (C=O) groups is 2. The number of aliphatic hydroxyl groups excluding tert-OH is 1. The highest BCUT2D eigenvalue weighted by atomic mass is 16.7. The van der Waals surface area contributed by atoms with Gasteiger partial charge in [-0.05, 0) is 0 Å². The fraction of sp³-hybridized carbons (Fsp3) is 0.714. The van der Waals surface area contributed by atoms with Crippen molar-refractivity contribution in [3.8, 4) is 0 Å². The second-order valence-electron chi connectivity index (χ2n) is 2.31. The minimum absolute atomic E-state index is 0.113. The topological polar surface area (TPSA) is 78.9 Å². The molecule has 2 N–H and O–H groups in total. The third-order valence-electron chi connectivity index (χ3n) is 1.38. The first-order chi connectivity index (χ1) is 6.11. The van der Waals surface area contributed by atoms with Gasteiger partial charge in [0.2, 0.25) is 5.91 Å². The van der Waals surface area contributed by atoms with E-state index in [9.17, 15) is 9.59 Å². The number of hydrogen-bond donors (Lipinski definition) is 2. The Balaban J connectivity index is 3.53. The largest absolute Gasteiger partial charge is 0.386 e. The molecule has 0 unspecified atom stereocenters. The lowest BCUT2D eigenvalue weighted by atomic mass is 10.4. The van der Waals surface area contributed by atoms with Gasteiger partial charge < -0.3 is 10.4 Å². The lowest BCUT2D eigenvalue weighted by Crippen LogP contribution is -2.31. The SMILES string of the molecule is CNC(=O)CCON(C)C(=O)CO. The van der Waals surface area contributed by atoms with Crippen LogP contribution in [0.5, 0.6) is 0 Å². The first-order valence-corrected chi connectivity index (χ1v) is 3.82. The van der Waals surface area contributed by atoms with Crippen LogP contribution in [0.2, 0.25) is 0 Å². The Labute approximate surface area is 76.4 Å². The number of carbonyl (C=O) groups excluding carboxylic acids is 2. The molecule has 6 heteroatoms. The molecule has 0 aliphatic rings. The molecule has 0 saturated heterocycles. The van der Waals surface area contributed by atoms with E-state index in [4.69, 9.17) is 9.94 Å². The maximum Gasteiger partial charge on any atom is 0.271 e. The van der Waals surface area contributed by atoms with Crippen molar-refractivity contribution in [1.29, 1.82) is 0 Å². The number of rotatable bonds is 5. The monoisotopic (exact) mass is 190 g/mol. The Bertz CT molecular complexity index is 183. The van der Waals surface area contributed by atoms with E-state index in [2.05, 4.69) is 5.32 Å².